The molecule has 0 aromatic heterocycles. The fraction of sp³-hybridized carbons (Fsp3) is 0.357. The number of carbonyl (C=O) groups excluding carboxylic acids is 3. The normalized spacial score (nSPS) is 12.6. The SMILES string of the molecule is CCC(=O)C(C(C)=O)C(=O)c1ccc(C(F)(F)F)cc1[N+](=O)[O-]. The monoisotopic (exact) mass is 331 g/mol. The quantitative estimate of drug-likeness (QED) is 0.346. The van der Waals surface area contributed by atoms with Crippen LogP contribution in [-0.4, -0.2) is 22.3 Å². The van der Waals surface area contributed by atoms with E-state index in [1.165, 1.54) is 6.92 Å². The lowest BCUT2D eigenvalue weighted by atomic mass is 9.88. The van der Waals surface area contributed by atoms with Crippen molar-refractivity contribution >= 4 is 23.0 Å². The van der Waals surface area contributed by atoms with Crippen molar-refractivity contribution in [3.8, 4) is 0 Å². The van der Waals surface area contributed by atoms with Crippen LogP contribution in [0, 0.1) is 16.0 Å². The van der Waals surface area contributed by atoms with Crippen LogP contribution in [-0.2, 0) is 15.8 Å². The molecule has 23 heavy (non-hydrogen) atoms. The van der Waals surface area contributed by atoms with E-state index in [-0.39, 0.29) is 12.5 Å². The number of rotatable bonds is 6. The predicted octanol–water partition coefficient (Wildman–Crippen LogP) is 2.98. The molecule has 1 rings (SSSR count). The summed E-state index contributed by atoms with van der Waals surface area (Å²) in [7, 11) is 0. The third-order valence-electron chi connectivity index (χ3n) is 3.13. The van der Waals surface area contributed by atoms with Gasteiger partial charge in [0.2, 0.25) is 0 Å². The van der Waals surface area contributed by atoms with E-state index in [0.29, 0.717) is 12.1 Å². The molecule has 0 saturated heterocycles. The van der Waals surface area contributed by atoms with Crippen molar-refractivity contribution in [3.05, 3.63) is 39.4 Å². The van der Waals surface area contributed by atoms with Crippen LogP contribution in [0.4, 0.5) is 18.9 Å². The Bertz CT molecular complexity index is 681. The molecule has 6 nitrogen and oxygen atoms in total. The Morgan fingerprint density at radius 2 is 1.83 bits per heavy atom. The number of ketones is 3. The van der Waals surface area contributed by atoms with Gasteiger partial charge in [0, 0.05) is 12.5 Å². The summed E-state index contributed by atoms with van der Waals surface area (Å²) >= 11 is 0. The molecule has 1 aromatic rings. The molecule has 0 amide bonds. The Kier molecular flexibility index (Phi) is 5.36. The van der Waals surface area contributed by atoms with Crippen LogP contribution < -0.4 is 0 Å². The summed E-state index contributed by atoms with van der Waals surface area (Å²) in [5.74, 6) is -4.51. The second kappa shape index (κ2) is 6.67. The first kappa shape index (κ1) is 18.5. The minimum absolute atomic E-state index is 0.162. The number of nitro benzene ring substituents is 1. The molecule has 0 spiro atoms. The second-order valence-electron chi connectivity index (χ2n) is 4.71. The first-order valence-corrected chi connectivity index (χ1v) is 6.43. The molecule has 124 valence electrons. The molecule has 1 atom stereocenters. The van der Waals surface area contributed by atoms with Gasteiger partial charge in [-0.05, 0) is 19.1 Å². The summed E-state index contributed by atoms with van der Waals surface area (Å²) < 4.78 is 37.9. The summed E-state index contributed by atoms with van der Waals surface area (Å²) in [6, 6.07) is 1.32. The van der Waals surface area contributed by atoms with Crippen LogP contribution in [0.1, 0.15) is 36.2 Å². The fourth-order valence-electron chi connectivity index (χ4n) is 1.98. The lowest BCUT2D eigenvalue weighted by molar-refractivity contribution is -0.385. The molecule has 0 fully saturated rings. The van der Waals surface area contributed by atoms with Gasteiger partial charge < -0.3 is 0 Å². The molecule has 9 heteroatoms. The van der Waals surface area contributed by atoms with E-state index in [1.54, 1.807) is 0 Å². The predicted molar refractivity (Wildman–Crippen MR) is 71.9 cm³/mol. The van der Waals surface area contributed by atoms with Crippen molar-refractivity contribution < 1.29 is 32.5 Å². The average molecular weight is 331 g/mol. The molecular formula is C14H12F3NO5. The number of hydrogen-bond acceptors (Lipinski definition) is 5. The van der Waals surface area contributed by atoms with Crippen LogP contribution in [0.3, 0.4) is 0 Å². The highest BCUT2D eigenvalue weighted by molar-refractivity contribution is 6.24. The number of hydrogen-bond donors (Lipinski definition) is 0. The number of alkyl halides is 3. The number of nitrogens with zero attached hydrogens (tertiary/aromatic N) is 1. The zero-order chi connectivity index (χ0) is 17.9. The van der Waals surface area contributed by atoms with E-state index in [9.17, 15) is 37.7 Å². The van der Waals surface area contributed by atoms with E-state index in [0.717, 1.165) is 6.92 Å². The molecular weight excluding hydrogens is 319 g/mol. The van der Waals surface area contributed by atoms with Crippen molar-refractivity contribution in [2.75, 3.05) is 0 Å². The molecule has 0 aliphatic carbocycles. The Hall–Kier alpha value is -2.58. The largest absolute Gasteiger partial charge is 0.416 e. The zero-order valence-corrected chi connectivity index (χ0v) is 12.1. The molecule has 0 N–H and O–H groups in total. The van der Waals surface area contributed by atoms with Gasteiger partial charge in [-0.25, -0.2) is 0 Å². The van der Waals surface area contributed by atoms with Crippen molar-refractivity contribution in [2.24, 2.45) is 5.92 Å². The highest BCUT2D eigenvalue weighted by Crippen LogP contribution is 2.33. The van der Waals surface area contributed by atoms with Gasteiger partial charge in [-0.2, -0.15) is 13.2 Å². The Morgan fingerprint density at radius 1 is 1.26 bits per heavy atom. The molecule has 0 aliphatic rings. The van der Waals surface area contributed by atoms with Gasteiger partial charge in [-0.1, -0.05) is 6.92 Å². The Balaban J connectivity index is 3.47. The van der Waals surface area contributed by atoms with Crippen molar-refractivity contribution in [2.45, 2.75) is 26.4 Å². The first-order valence-electron chi connectivity index (χ1n) is 6.43. The van der Waals surface area contributed by atoms with E-state index in [2.05, 4.69) is 0 Å². The smallest absolute Gasteiger partial charge is 0.299 e. The summed E-state index contributed by atoms with van der Waals surface area (Å²) in [6.45, 7) is 2.36. The molecule has 0 aliphatic heterocycles. The van der Waals surface area contributed by atoms with Crippen LogP contribution in [0.25, 0.3) is 0 Å². The molecule has 1 aromatic carbocycles. The Morgan fingerprint density at radius 3 is 2.22 bits per heavy atom. The summed E-state index contributed by atoms with van der Waals surface area (Å²) in [6.07, 6.45) is -4.99. The molecule has 1 unspecified atom stereocenters. The number of halogens is 3. The topological polar surface area (TPSA) is 94.3 Å². The minimum atomic E-state index is -4.83. The lowest BCUT2D eigenvalue weighted by Crippen LogP contribution is -2.30. The van der Waals surface area contributed by atoms with Crippen LogP contribution in [0.2, 0.25) is 0 Å². The van der Waals surface area contributed by atoms with Gasteiger partial charge >= 0.3 is 6.18 Å². The first-order chi connectivity index (χ1) is 10.5. The van der Waals surface area contributed by atoms with E-state index in [1.807, 2.05) is 0 Å². The summed E-state index contributed by atoms with van der Waals surface area (Å²) in [5, 5.41) is 11.0. The van der Waals surface area contributed by atoms with Gasteiger partial charge in [-0.3, -0.25) is 24.5 Å². The number of benzene rings is 1. The van der Waals surface area contributed by atoms with Crippen molar-refractivity contribution in [1.82, 2.24) is 0 Å². The molecule has 0 heterocycles. The number of carbonyl (C=O) groups is 3. The zero-order valence-electron chi connectivity index (χ0n) is 12.1. The molecule has 0 radical (unpaired) electrons. The maximum atomic E-state index is 12.6. The fourth-order valence-corrected chi connectivity index (χ4v) is 1.98. The third kappa shape index (κ3) is 3.99. The number of nitro groups is 1. The van der Waals surface area contributed by atoms with E-state index < -0.39 is 51.2 Å². The van der Waals surface area contributed by atoms with Gasteiger partial charge in [-0.15, -0.1) is 0 Å². The second-order valence-corrected chi connectivity index (χ2v) is 4.71. The third-order valence-corrected chi connectivity index (χ3v) is 3.13. The summed E-state index contributed by atoms with van der Waals surface area (Å²) in [4.78, 5) is 45.2. The number of Topliss-reactive ketones (excluding diaryl/α,β-unsaturated/α-hetero) is 3. The van der Waals surface area contributed by atoms with Crippen LogP contribution >= 0.6 is 0 Å². The minimum Gasteiger partial charge on any atom is -0.299 e. The van der Waals surface area contributed by atoms with Gasteiger partial charge in [0.1, 0.15) is 11.7 Å². The van der Waals surface area contributed by atoms with Crippen LogP contribution in [0.5, 0.6) is 0 Å². The van der Waals surface area contributed by atoms with Gasteiger partial charge in [0.05, 0.1) is 16.1 Å². The van der Waals surface area contributed by atoms with Gasteiger partial charge in [0.15, 0.2) is 11.6 Å². The molecule has 0 saturated carbocycles. The maximum absolute atomic E-state index is 12.6. The molecule has 0 bridgehead atoms. The van der Waals surface area contributed by atoms with E-state index >= 15 is 0 Å². The standard InChI is InChI=1S/C14H12F3NO5/c1-3-11(20)12(7(2)19)13(21)9-5-4-8(14(15,16)17)6-10(9)18(22)23/h4-6,12H,3H2,1-2H3. The summed E-state index contributed by atoms with van der Waals surface area (Å²) in [5.41, 5.74) is -3.10. The van der Waals surface area contributed by atoms with Crippen LogP contribution in [0.15, 0.2) is 18.2 Å². The van der Waals surface area contributed by atoms with Crippen molar-refractivity contribution in [1.29, 1.82) is 0 Å². The highest BCUT2D eigenvalue weighted by atomic mass is 19.4. The maximum Gasteiger partial charge on any atom is 0.416 e. The van der Waals surface area contributed by atoms with Gasteiger partial charge in [0.25, 0.3) is 5.69 Å². The van der Waals surface area contributed by atoms with E-state index in [4.69, 9.17) is 0 Å². The Labute approximate surface area is 128 Å². The average Bonchev–Trinajstić information content (AvgIpc) is 2.44. The van der Waals surface area contributed by atoms with Crippen molar-refractivity contribution in [3.63, 3.8) is 0 Å². The highest BCUT2D eigenvalue weighted by Gasteiger charge is 2.37. The lowest BCUT2D eigenvalue weighted by Gasteiger charge is -2.12.